The maximum absolute atomic E-state index is 2.36. The quantitative estimate of drug-likeness (QED) is 0.148. The minimum Gasteiger partial charge on any atom is -0.344 e. The Morgan fingerprint density at radius 1 is 0.174 bits per heavy atom. The van der Waals surface area contributed by atoms with Crippen LogP contribution in [-0.4, -0.2) is 22.8 Å². The van der Waals surface area contributed by atoms with Crippen molar-refractivity contribution in [2.75, 3.05) is 0 Å². The molecule has 24 rings (SSSR count). The fourth-order valence-corrected chi connectivity index (χ4v) is 18.1. The van der Waals surface area contributed by atoms with Gasteiger partial charge in [0.25, 0.3) is 0 Å². The molecule has 0 spiro atoms. The van der Waals surface area contributed by atoms with Gasteiger partial charge in [-0.3, -0.25) is 0 Å². The molecule has 121 heavy (non-hydrogen) atoms. The average Bonchev–Trinajstić information content (AvgIpc) is 1.62. The van der Waals surface area contributed by atoms with Crippen molar-refractivity contribution in [2.24, 2.45) is 14.1 Å². The number of aromatic nitrogens is 5. The fourth-order valence-electron chi connectivity index (χ4n) is 18.1. The zero-order chi connectivity index (χ0) is 81.9. The Morgan fingerprint density at radius 2 is 0.471 bits per heavy atom. The largest absolute Gasteiger partial charge is 0.344 e. The maximum Gasteiger partial charge on any atom is 0.0543 e. The highest BCUT2D eigenvalue weighted by atomic mass is 15.0. The summed E-state index contributed by atoms with van der Waals surface area (Å²) < 4.78 is 11.6. The lowest BCUT2D eigenvalue weighted by molar-refractivity contribution is 1.01. The van der Waals surface area contributed by atoms with Crippen LogP contribution < -0.4 is 0 Å². The van der Waals surface area contributed by atoms with E-state index in [2.05, 4.69) is 507 Å². The lowest BCUT2D eigenvalue weighted by Gasteiger charge is -2.10. The SMILES string of the molecule is Cc1c2ccccc2cc2ccccc12.Cc1ccc2c(c1)c1cc(-c3ccccc3)ccc1n2-c1ccccc1.Cc1cccc2c1c1ccccc1n2-c1ccccc1.Cc1ccccc1-n1c2ccccc2c2ccccc21.Cn1c2ccc(-c3ccccc3)cc2c2cc(-c3ccccc3)ccc21.Cn1c2ccccc2c2ccccc21. The predicted molar refractivity (Wildman–Crippen MR) is 520 cm³/mol. The summed E-state index contributed by atoms with van der Waals surface area (Å²) in [5, 5.41) is 18.6. The summed E-state index contributed by atoms with van der Waals surface area (Å²) in [4.78, 5) is 0. The summed E-state index contributed by atoms with van der Waals surface area (Å²) in [6.45, 7) is 8.71. The molecule has 0 bridgehead atoms. The maximum atomic E-state index is 2.36. The molecule has 0 aliphatic rings. The molecule has 580 valence electrons. The molecule has 5 aromatic heterocycles. The van der Waals surface area contributed by atoms with Gasteiger partial charge in [-0.15, -0.1) is 0 Å². The number of aryl methyl sites for hydroxylation is 6. The van der Waals surface area contributed by atoms with Gasteiger partial charge >= 0.3 is 0 Å². The molecule has 0 atom stereocenters. The van der Waals surface area contributed by atoms with Crippen molar-refractivity contribution in [3.05, 3.63) is 465 Å². The molecule has 0 amide bonds. The molecule has 0 saturated heterocycles. The third kappa shape index (κ3) is 14.6. The van der Waals surface area contributed by atoms with E-state index in [1.54, 1.807) is 0 Å². The van der Waals surface area contributed by atoms with E-state index in [4.69, 9.17) is 0 Å². The van der Waals surface area contributed by atoms with Crippen LogP contribution in [0.1, 0.15) is 22.3 Å². The van der Waals surface area contributed by atoms with Crippen LogP contribution in [0.25, 0.3) is 181 Å². The van der Waals surface area contributed by atoms with Crippen LogP contribution in [-0.2, 0) is 14.1 Å². The Morgan fingerprint density at radius 3 is 0.926 bits per heavy atom. The summed E-state index contributed by atoms with van der Waals surface area (Å²) in [6, 6.07) is 157. The first-order valence-corrected chi connectivity index (χ1v) is 41.7. The Hall–Kier alpha value is -15.3. The molecular weight excluding hydrogens is 1460 g/mol. The zero-order valence-electron chi connectivity index (χ0n) is 68.9. The van der Waals surface area contributed by atoms with Gasteiger partial charge < -0.3 is 22.8 Å². The van der Waals surface area contributed by atoms with Gasteiger partial charge in [-0.1, -0.05) is 327 Å². The van der Waals surface area contributed by atoms with Gasteiger partial charge in [-0.2, -0.15) is 0 Å². The van der Waals surface area contributed by atoms with E-state index in [1.165, 1.54) is 203 Å². The van der Waals surface area contributed by atoms with Gasteiger partial charge in [-0.05, 0) is 221 Å². The van der Waals surface area contributed by atoms with Crippen molar-refractivity contribution in [3.8, 4) is 50.4 Å². The second-order valence-electron chi connectivity index (χ2n) is 31.4. The molecule has 0 aliphatic heterocycles. The Labute approximate surface area is 706 Å². The van der Waals surface area contributed by atoms with E-state index < -0.39 is 0 Å². The normalized spacial score (nSPS) is 11.2. The first kappa shape index (κ1) is 75.7. The van der Waals surface area contributed by atoms with E-state index in [1.807, 2.05) is 0 Å². The molecule has 5 heteroatoms. The van der Waals surface area contributed by atoms with Crippen molar-refractivity contribution in [2.45, 2.75) is 27.7 Å². The molecule has 0 radical (unpaired) electrons. The second kappa shape index (κ2) is 33.4. The molecule has 0 aliphatic carbocycles. The highest BCUT2D eigenvalue weighted by Crippen LogP contribution is 2.40. The lowest BCUT2D eigenvalue weighted by atomic mass is 9.98. The number of benzene rings is 19. The molecule has 0 saturated carbocycles. The topological polar surface area (TPSA) is 24.6 Å². The summed E-state index contributed by atoms with van der Waals surface area (Å²) in [6.07, 6.45) is 0. The van der Waals surface area contributed by atoms with E-state index in [0.717, 1.165) is 0 Å². The van der Waals surface area contributed by atoms with E-state index >= 15 is 0 Å². The lowest BCUT2D eigenvalue weighted by Crippen LogP contribution is -1.96. The minimum absolute atomic E-state index is 1.20. The van der Waals surface area contributed by atoms with Gasteiger partial charge in [0.2, 0.25) is 0 Å². The Kier molecular flexibility index (Phi) is 20.9. The first-order valence-electron chi connectivity index (χ1n) is 41.7. The summed E-state index contributed by atoms with van der Waals surface area (Å²) in [5.41, 5.74) is 29.2. The number of hydrogen-bond acceptors (Lipinski definition) is 0. The third-order valence-electron chi connectivity index (χ3n) is 24.0. The van der Waals surface area contributed by atoms with Crippen LogP contribution in [0.2, 0.25) is 0 Å². The highest BCUT2D eigenvalue weighted by Gasteiger charge is 2.18. The summed E-state index contributed by atoms with van der Waals surface area (Å²) in [7, 11) is 4.26. The predicted octanol–water partition coefficient (Wildman–Crippen LogP) is 31.2. The van der Waals surface area contributed by atoms with Crippen LogP contribution in [0.4, 0.5) is 0 Å². The van der Waals surface area contributed by atoms with Crippen LogP contribution in [0.3, 0.4) is 0 Å². The van der Waals surface area contributed by atoms with Crippen molar-refractivity contribution >= 4 is 131 Å². The molecular formula is C116H91N5. The Balaban J connectivity index is 0.0000000971. The van der Waals surface area contributed by atoms with Crippen LogP contribution in [0.15, 0.2) is 443 Å². The monoisotopic (exact) mass is 1550 g/mol. The van der Waals surface area contributed by atoms with Crippen LogP contribution in [0, 0.1) is 27.7 Å². The standard InChI is InChI=1S/2C25H19N.2C19H15N.C15H12.C13H11N/c1-26-24-14-12-20(18-8-4-2-5-9-18)16-22(24)23-17-21(13-15-25(23)26)19-10-6-3-7-11-19;1-18-12-14-24-22(16-18)23-17-20(19-8-4-2-5-9-19)13-15-25(23)26(24)21-10-6-3-7-11-21;1-14-8-2-5-11-17(14)20-18-12-6-3-9-15(18)16-10-4-7-13-19(16)20;1-14-8-7-13-18-19(14)16-11-5-6-12-17(16)20(18)15-9-3-2-4-10-15;1-11-14-8-4-2-6-12(14)10-13-7-3-5-9-15(11)13;1-14-12-8-4-2-6-10(12)11-7-3-5-9-13(11)14/h2*2-17H,1H3;2*2-13H,1H3;2-10H,1H3;2-9H,1H3. The van der Waals surface area contributed by atoms with Crippen molar-refractivity contribution in [1.82, 2.24) is 22.8 Å². The van der Waals surface area contributed by atoms with Gasteiger partial charge in [-0.25, -0.2) is 0 Å². The molecule has 0 fully saturated rings. The number of hydrogen-bond donors (Lipinski definition) is 0. The van der Waals surface area contributed by atoms with Crippen molar-refractivity contribution in [3.63, 3.8) is 0 Å². The minimum atomic E-state index is 1.20. The van der Waals surface area contributed by atoms with Crippen molar-refractivity contribution < 1.29 is 0 Å². The summed E-state index contributed by atoms with van der Waals surface area (Å²) in [5.74, 6) is 0. The van der Waals surface area contributed by atoms with E-state index in [0.29, 0.717) is 0 Å². The first-order chi connectivity index (χ1) is 59.6. The molecule has 24 aromatic rings. The molecule has 5 heterocycles. The smallest absolute Gasteiger partial charge is 0.0543 e. The third-order valence-corrected chi connectivity index (χ3v) is 24.0. The zero-order valence-corrected chi connectivity index (χ0v) is 68.9. The van der Waals surface area contributed by atoms with Crippen LogP contribution >= 0.6 is 0 Å². The van der Waals surface area contributed by atoms with Gasteiger partial charge in [0.05, 0.1) is 33.1 Å². The van der Waals surface area contributed by atoms with Gasteiger partial charge in [0.1, 0.15) is 0 Å². The van der Waals surface area contributed by atoms with Gasteiger partial charge in [0.15, 0.2) is 0 Å². The molecule has 0 N–H and O–H groups in total. The number of rotatable bonds is 6. The molecule has 5 nitrogen and oxygen atoms in total. The van der Waals surface area contributed by atoms with E-state index in [-0.39, 0.29) is 0 Å². The Bertz CT molecular complexity index is 7620. The second-order valence-corrected chi connectivity index (χ2v) is 31.4. The fraction of sp³-hybridized carbons (Fsp3) is 0.0517. The number of para-hydroxylation sites is 8. The van der Waals surface area contributed by atoms with Gasteiger partial charge in [0, 0.05) is 107 Å². The average molecular weight is 1560 g/mol. The molecule has 19 aromatic carbocycles. The van der Waals surface area contributed by atoms with Crippen LogP contribution in [0.5, 0.6) is 0 Å². The highest BCUT2D eigenvalue weighted by molar-refractivity contribution is 6.14. The number of nitrogens with zero attached hydrogens (tertiary/aromatic N) is 5. The summed E-state index contributed by atoms with van der Waals surface area (Å²) >= 11 is 0. The van der Waals surface area contributed by atoms with E-state index in [9.17, 15) is 0 Å². The molecule has 0 unspecified atom stereocenters. The van der Waals surface area contributed by atoms with Crippen molar-refractivity contribution in [1.29, 1.82) is 0 Å². The number of fused-ring (bicyclic) bond motifs is 17.